The van der Waals surface area contributed by atoms with Crippen molar-refractivity contribution in [2.45, 2.75) is 49.0 Å². The van der Waals surface area contributed by atoms with Gasteiger partial charge in [0, 0.05) is 24.4 Å². The second-order valence-corrected chi connectivity index (χ2v) is 10.0. The van der Waals surface area contributed by atoms with Crippen molar-refractivity contribution in [2.24, 2.45) is 0 Å². The Morgan fingerprint density at radius 1 is 1.33 bits per heavy atom. The average Bonchev–Trinajstić information content (AvgIpc) is 3.15. The van der Waals surface area contributed by atoms with Crippen LogP contribution in [-0.2, 0) is 24.8 Å². The smallest absolute Gasteiger partial charge is 0.236 e. The molecule has 1 aromatic carbocycles. The molecule has 8 heteroatoms. The van der Waals surface area contributed by atoms with Gasteiger partial charge in [-0.3, -0.25) is 4.79 Å². The number of rotatable bonds is 6. The van der Waals surface area contributed by atoms with Crippen molar-refractivity contribution in [1.29, 1.82) is 0 Å². The van der Waals surface area contributed by atoms with Crippen LogP contribution in [0.5, 0.6) is 0 Å². The number of thiazole rings is 1. The molecule has 27 heavy (non-hydrogen) atoms. The van der Waals surface area contributed by atoms with Crippen molar-refractivity contribution in [3.8, 4) is 0 Å². The Balaban J connectivity index is 1.91. The molecule has 2 heterocycles. The lowest BCUT2D eigenvalue weighted by molar-refractivity contribution is -0.123. The molecule has 1 saturated heterocycles. The zero-order chi connectivity index (χ0) is 19.5. The van der Waals surface area contributed by atoms with Gasteiger partial charge < -0.3 is 10.1 Å². The van der Waals surface area contributed by atoms with Gasteiger partial charge in [0.05, 0.1) is 16.4 Å². The Bertz CT molecular complexity index is 873. The summed E-state index contributed by atoms with van der Waals surface area (Å²) in [6, 6.07) is 6.56. The van der Waals surface area contributed by atoms with E-state index in [2.05, 4.69) is 10.3 Å². The number of sulfone groups is 1. The molecular weight excluding hydrogens is 384 g/mol. The molecule has 6 nitrogen and oxygen atoms in total. The summed E-state index contributed by atoms with van der Waals surface area (Å²) in [5.41, 5.74) is -0.0953. The number of nitrogens with one attached hydrogen (secondary N) is 1. The van der Waals surface area contributed by atoms with Gasteiger partial charge in [-0.2, -0.15) is 0 Å². The molecule has 1 aliphatic heterocycles. The number of amides is 1. The van der Waals surface area contributed by atoms with Crippen molar-refractivity contribution >= 4 is 32.2 Å². The molecule has 0 bridgehead atoms. The molecule has 0 saturated carbocycles. The highest BCUT2D eigenvalue weighted by molar-refractivity contribution is 7.90. The molecule has 146 valence electrons. The molecule has 2 atom stereocenters. The second kappa shape index (κ2) is 8.08. The Morgan fingerprint density at radius 2 is 2.07 bits per heavy atom. The number of hydrogen-bond donors (Lipinski definition) is 1. The van der Waals surface area contributed by atoms with Crippen LogP contribution in [0.2, 0.25) is 0 Å². The van der Waals surface area contributed by atoms with Crippen LogP contribution in [0.25, 0.3) is 0 Å². The van der Waals surface area contributed by atoms with Gasteiger partial charge in [0.2, 0.25) is 5.91 Å². The van der Waals surface area contributed by atoms with E-state index in [9.17, 15) is 13.2 Å². The van der Waals surface area contributed by atoms with Crippen LogP contribution in [0.15, 0.2) is 40.7 Å². The van der Waals surface area contributed by atoms with Gasteiger partial charge in [-0.1, -0.05) is 12.1 Å². The third-order valence-corrected chi connectivity index (χ3v) is 6.80. The molecule has 1 amide bonds. The van der Waals surface area contributed by atoms with E-state index in [1.165, 1.54) is 17.6 Å². The number of carbonyl (C=O) groups excluding carboxylic acids is 1. The number of benzene rings is 1. The topological polar surface area (TPSA) is 85.4 Å². The van der Waals surface area contributed by atoms with Gasteiger partial charge in [-0.05, 0) is 50.3 Å². The van der Waals surface area contributed by atoms with Crippen LogP contribution in [0.3, 0.4) is 0 Å². The van der Waals surface area contributed by atoms with Crippen molar-refractivity contribution in [3.63, 3.8) is 0 Å². The summed E-state index contributed by atoms with van der Waals surface area (Å²) in [5, 5.41) is 5.24. The summed E-state index contributed by atoms with van der Waals surface area (Å²) in [4.78, 5) is 17.5. The largest absolute Gasteiger partial charge is 0.378 e. The summed E-state index contributed by atoms with van der Waals surface area (Å²) < 4.78 is 29.4. The molecule has 0 aliphatic carbocycles. The average molecular weight is 409 g/mol. The van der Waals surface area contributed by atoms with E-state index >= 15 is 0 Å². The molecule has 0 radical (unpaired) electrons. The molecule has 1 fully saturated rings. The molecule has 2 aromatic rings. The molecule has 1 N–H and O–H groups in total. The first-order chi connectivity index (χ1) is 12.8. The summed E-state index contributed by atoms with van der Waals surface area (Å²) in [7, 11) is -3.29. The SMILES string of the molecule is CC(CC1CCCCO1)(C(=O)Nc1nccs1)c1ccc(S(C)(=O)=O)cc1. The van der Waals surface area contributed by atoms with Crippen LogP contribution in [0, 0.1) is 0 Å². The Labute approximate surface area is 163 Å². The highest BCUT2D eigenvalue weighted by atomic mass is 32.2. The summed E-state index contributed by atoms with van der Waals surface area (Å²) in [6.07, 6.45) is 6.39. The minimum Gasteiger partial charge on any atom is -0.378 e. The van der Waals surface area contributed by atoms with Gasteiger partial charge in [-0.25, -0.2) is 13.4 Å². The lowest BCUT2D eigenvalue weighted by Gasteiger charge is -2.34. The molecule has 1 aromatic heterocycles. The molecule has 1 aliphatic rings. The molecular formula is C19H24N2O4S2. The van der Waals surface area contributed by atoms with E-state index in [-0.39, 0.29) is 16.9 Å². The van der Waals surface area contributed by atoms with Crippen LogP contribution in [0.1, 0.15) is 38.2 Å². The van der Waals surface area contributed by atoms with E-state index in [1.807, 2.05) is 6.92 Å². The van der Waals surface area contributed by atoms with E-state index < -0.39 is 15.3 Å². The molecule has 2 unspecified atom stereocenters. The normalized spacial score (nSPS) is 20.0. The zero-order valence-corrected chi connectivity index (χ0v) is 17.1. The highest BCUT2D eigenvalue weighted by Crippen LogP contribution is 2.34. The first kappa shape index (κ1) is 20.0. The predicted molar refractivity (Wildman–Crippen MR) is 106 cm³/mol. The minimum absolute atomic E-state index is 0.000351. The fourth-order valence-electron chi connectivity index (χ4n) is 3.36. The van der Waals surface area contributed by atoms with E-state index in [4.69, 9.17) is 4.74 Å². The molecule has 0 spiro atoms. The van der Waals surface area contributed by atoms with Crippen LogP contribution in [-0.4, -0.2) is 38.3 Å². The lowest BCUT2D eigenvalue weighted by Crippen LogP contribution is -2.41. The first-order valence-corrected chi connectivity index (χ1v) is 11.7. The predicted octanol–water partition coefficient (Wildman–Crippen LogP) is 3.40. The number of ether oxygens (including phenoxy) is 1. The molecule has 3 rings (SSSR count). The Kier molecular flexibility index (Phi) is 5.98. The maximum atomic E-state index is 13.2. The fraction of sp³-hybridized carbons (Fsp3) is 0.474. The van der Waals surface area contributed by atoms with Crippen molar-refractivity contribution in [2.75, 3.05) is 18.2 Å². The zero-order valence-electron chi connectivity index (χ0n) is 15.5. The van der Waals surface area contributed by atoms with E-state index in [1.54, 1.807) is 35.8 Å². The quantitative estimate of drug-likeness (QED) is 0.792. The standard InChI is InChI=1S/C19H24N2O4S2/c1-19(13-15-5-3-4-11-25-15,17(22)21-18-20-10-12-26-18)14-6-8-16(9-7-14)27(2,23)24/h6-10,12,15H,3-5,11,13H2,1-2H3,(H,20,21,22). The maximum absolute atomic E-state index is 13.2. The second-order valence-electron chi connectivity index (χ2n) is 7.11. The summed E-state index contributed by atoms with van der Waals surface area (Å²) >= 11 is 1.36. The Hall–Kier alpha value is -1.77. The number of nitrogens with zero attached hydrogens (tertiary/aromatic N) is 1. The number of aromatic nitrogens is 1. The van der Waals surface area contributed by atoms with Gasteiger partial charge >= 0.3 is 0 Å². The van der Waals surface area contributed by atoms with E-state index in [0.29, 0.717) is 18.2 Å². The third kappa shape index (κ3) is 4.75. The van der Waals surface area contributed by atoms with Gasteiger partial charge in [-0.15, -0.1) is 11.3 Å². The summed E-state index contributed by atoms with van der Waals surface area (Å²) in [5.74, 6) is -0.168. The van der Waals surface area contributed by atoms with Crippen molar-refractivity contribution < 1.29 is 17.9 Å². The number of carbonyl (C=O) groups is 1. The van der Waals surface area contributed by atoms with Crippen molar-refractivity contribution in [1.82, 2.24) is 4.98 Å². The third-order valence-electron chi connectivity index (χ3n) is 4.98. The highest BCUT2D eigenvalue weighted by Gasteiger charge is 2.39. The Morgan fingerprint density at radius 3 is 2.63 bits per heavy atom. The van der Waals surface area contributed by atoms with Gasteiger partial charge in [0.1, 0.15) is 0 Å². The van der Waals surface area contributed by atoms with Gasteiger partial charge in [0.15, 0.2) is 15.0 Å². The minimum atomic E-state index is -3.29. The fourth-order valence-corrected chi connectivity index (χ4v) is 4.51. The van der Waals surface area contributed by atoms with Crippen LogP contribution < -0.4 is 5.32 Å². The van der Waals surface area contributed by atoms with E-state index in [0.717, 1.165) is 24.8 Å². The first-order valence-electron chi connectivity index (χ1n) is 8.92. The van der Waals surface area contributed by atoms with Crippen molar-refractivity contribution in [3.05, 3.63) is 41.4 Å². The monoisotopic (exact) mass is 408 g/mol. The van der Waals surface area contributed by atoms with Crippen LogP contribution in [0.4, 0.5) is 5.13 Å². The lowest BCUT2D eigenvalue weighted by atomic mass is 9.76. The van der Waals surface area contributed by atoms with Gasteiger partial charge in [0.25, 0.3) is 0 Å². The number of anilines is 1. The summed E-state index contributed by atoms with van der Waals surface area (Å²) in [6.45, 7) is 2.59. The maximum Gasteiger partial charge on any atom is 0.236 e. The van der Waals surface area contributed by atoms with Crippen LogP contribution >= 0.6 is 11.3 Å². The number of hydrogen-bond acceptors (Lipinski definition) is 6.